The highest BCUT2D eigenvalue weighted by molar-refractivity contribution is 5.61. The Morgan fingerprint density at radius 2 is 1.85 bits per heavy atom. The molecule has 4 rings (SSSR count). The van der Waals surface area contributed by atoms with Crippen LogP contribution in [-0.2, 0) is 6.54 Å². The molecule has 0 radical (unpaired) electrons. The average molecular weight is 450 g/mol. The molecular formula is C24H20F2N4O3. The van der Waals surface area contributed by atoms with Crippen LogP contribution in [0.15, 0.2) is 71.8 Å². The topological polar surface area (TPSA) is 78.3 Å². The second-order valence-corrected chi connectivity index (χ2v) is 7.22. The maximum Gasteiger partial charge on any atom is 0.316 e. The zero-order valence-corrected chi connectivity index (χ0v) is 17.9. The third-order valence-corrected chi connectivity index (χ3v) is 4.77. The van der Waals surface area contributed by atoms with E-state index in [1.165, 1.54) is 25.4 Å². The van der Waals surface area contributed by atoms with E-state index in [2.05, 4.69) is 15.3 Å². The van der Waals surface area contributed by atoms with Gasteiger partial charge >= 0.3 is 5.56 Å². The molecule has 0 aliphatic rings. The second kappa shape index (κ2) is 9.47. The lowest BCUT2D eigenvalue weighted by Crippen LogP contribution is -2.19. The van der Waals surface area contributed by atoms with Crippen molar-refractivity contribution in [1.29, 1.82) is 0 Å². The Hall–Kier alpha value is -4.27. The van der Waals surface area contributed by atoms with Gasteiger partial charge in [0.1, 0.15) is 17.4 Å². The molecule has 0 saturated carbocycles. The van der Waals surface area contributed by atoms with E-state index in [1.807, 2.05) is 19.1 Å². The van der Waals surface area contributed by atoms with Crippen molar-refractivity contribution in [3.63, 3.8) is 0 Å². The summed E-state index contributed by atoms with van der Waals surface area (Å²) >= 11 is 0. The third-order valence-electron chi connectivity index (χ3n) is 4.77. The molecule has 168 valence electrons. The summed E-state index contributed by atoms with van der Waals surface area (Å²) in [4.78, 5) is 20.5. The molecule has 1 N–H and O–H groups in total. The van der Waals surface area contributed by atoms with Crippen LogP contribution >= 0.6 is 0 Å². The molecule has 0 saturated heterocycles. The van der Waals surface area contributed by atoms with Gasteiger partial charge in [-0.2, -0.15) is 4.98 Å². The fraction of sp³-hybridized carbons (Fsp3) is 0.125. The molecule has 7 nitrogen and oxygen atoms in total. The highest BCUT2D eigenvalue weighted by atomic mass is 19.1. The fourth-order valence-electron chi connectivity index (χ4n) is 3.18. The lowest BCUT2D eigenvalue weighted by Gasteiger charge is -2.17. The first-order valence-electron chi connectivity index (χ1n) is 9.98. The van der Waals surface area contributed by atoms with Crippen molar-refractivity contribution < 1.29 is 18.3 Å². The predicted octanol–water partition coefficient (Wildman–Crippen LogP) is 4.82. The van der Waals surface area contributed by atoms with E-state index in [0.29, 0.717) is 22.9 Å². The fourth-order valence-corrected chi connectivity index (χ4v) is 3.18. The zero-order valence-electron chi connectivity index (χ0n) is 17.9. The van der Waals surface area contributed by atoms with Crippen molar-refractivity contribution >= 4 is 11.6 Å². The monoisotopic (exact) mass is 450 g/mol. The maximum absolute atomic E-state index is 13.7. The highest BCUT2D eigenvalue weighted by Crippen LogP contribution is 2.28. The molecule has 0 atom stereocenters. The lowest BCUT2D eigenvalue weighted by atomic mass is 10.2. The molecule has 33 heavy (non-hydrogen) atoms. The van der Waals surface area contributed by atoms with Crippen LogP contribution in [0.5, 0.6) is 17.4 Å². The summed E-state index contributed by atoms with van der Waals surface area (Å²) in [5.74, 6) is -0.271. The Morgan fingerprint density at radius 3 is 2.55 bits per heavy atom. The van der Waals surface area contributed by atoms with Crippen LogP contribution in [0.3, 0.4) is 0 Å². The molecule has 9 heteroatoms. The minimum atomic E-state index is -0.698. The summed E-state index contributed by atoms with van der Waals surface area (Å²) in [6.45, 7) is 1.92. The lowest BCUT2D eigenvalue weighted by molar-refractivity contribution is 0.402. The molecule has 0 aliphatic heterocycles. The standard InChI is InChI=1S/C24H20F2N4O3/c1-15-6-7-19(33-22-5-3-4-8-27-22)12-20(15)28-24-29-23(31)21(32-2)14-30(24)13-16-9-17(25)11-18(26)10-16/h3-12,14H,13H2,1-2H3,(H,28,29,31). The number of aromatic nitrogens is 3. The first-order chi connectivity index (χ1) is 15.9. The number of anilines is 2. The van der Waals surface area contributed by atoms with Gasteiger partial charge in [-0.3, -0.25) is 4.79 Å². The third kappa shape index (κ3) is 5.32. The minimum absolute atomic E-state index is 0.00128. The molecule has 2 aromatic heterocycles. The smallest absolute Gasteiger partial charge is 0.316 e. The molecule has 2 aromatic carbocycles. The number of nitrogens with zero attached hydrogens (tertiary/aromatic N) is 3. The van der Waals surface area contributed by atoms with Gasteiger partial charge < -0.3 is 19.4 Å². The van der Waals surface area contributed by atoms with Gasteiger partial charge in [0.2, 0.25) is 17.6 Å². The van der Waals surface area contributed by atoms with E-state index in [9.17, 15) is 13.6 Å². The van der Waals surface area contributed by atoms with E-state index in [0.717, 1.165) is 11.6 Å². The molecule has 4 aromatic rings. The number of rotatable bonds is 7. The molecule has 0 spiro atoms. The molecular weight excluding hydrogens is 430 g/mol. The number of nitrogens with one attached hydrogen (secondary N) is 1. The number of aryl methyl sites for hydroxylation is 1. The summed E-state index contributed by atoms with van der Waals surface area (Å²) in [7, 11) is 1.35. The Bertz CT molecular complexity index is 1320. The van der Waals surface area contributed by atoms with Crippen molar-refractivity contribution in [2.24, 2.45) is 0 Å². The zero-order chi connectivity index (χ0) is 23.4. The van der Waals surface area contributed by atoms with Crippen molar-refractivity contribution in [3.8, 4) is 17.4 Å². The van der Waals surface area contributed by atoms with Crippen LogP contribution in [0.25, 0.3) is 0 Å². The maximum atomic E-state index is 13.7. The van der Waals surface area contributed by atoms with Gasteiger partial charge in [0.05, 0.1) is 19.9 Å². The largest absolute Gasteiger partial charge is 0.490 e. The molecule has 0 unspecified atom stereocenters. The van der Waals surface area contributed by atoms with Crippen molar-refractivity contribution in [1.82, 2.24) is 14.5 Å². The van der Waals surface area contributed by atoms with Gasteiger partial charge in [-0.15, -0.1) is 0 Å². The number of halogens is 2. The van der Waals surface area contributed by atoms with Gasteiger partial charge in [-0.1, -0.05) is 12.1 Å². The Balaban J connectivity index is 1.69. The Kier molecular flexibility index (Phi) is 6.30. The summed E-state index contributed by atoms with van der Waals surface area (Å²) in [5, 5.41) is 3.12. The highest BCUT2D eigenvalue weighted by Gasteiger charge is 2.13. The molecule has 0 amide bonds. The minimum Gasteiger partial charge on any atom is -0.490 e. The second-order valence-electron chi connectivity index (χ2n) is 7.22. The van der Waals surface area contributed by atoms with E-state index < -0.39 is 17.2 Å². The summed E-state index contributed by atoms with van der Waals surface area (Å²) in [5.41, 5.74) is 1.25. The van der Waals surface area contributed by atoms with Crippen LogP contribution < -0.4 is 20.3 Å². The number of pyridine rings is 1. The number of methoxy groups -OCH3 is 1. The van der Waals surface area contributed by atoms with Crippen molar-refractivity contribution in [2.75, 3.05) is 12.4 Å². The normalized spacial score (nSPS) is 10.7. The molecule has 2 heterocycles. The van der Waals surface area contributed by atoms with E-state index >= 15 is 0 Å². The summed E-state index contributed by atoms with van der Waals surface area (Å²) < 4.78 is 39.8. The Labute approximate surface area is 188 Å². The SMILES string of the molecule is COc1cn(Cc2cc(F)cc(F)c2)c(Nc2cc(Oc3ccccn3)ccc2C)nc1=O. The van der Waals surface area contributed by atoms with Gasteiger partial charge in [0, 0.05) is 30.1 Å². The van der Waals surface area contributed by atoms with Crippen LogP contribution in [0, 0.1) is 18.6 Å². The number of hydrogen-bond acceptors (Lipinski definition) is 6. The van der Waals surface area contributed by atoms with Crippen LogP contribution in [0.2, 0.25) is 0 Å². The van der Waals surface area contributed by atoms with E-state index in [4.69, 9.17) is 9.47 Å². The quantitative estimate of drug-likeness (QED) is 0.435. The molecule has 0 bridgehead atoms. The van der Waals surface area contributed by atoms with E-state index in [-0.39, 0.29) is 18.2 Å². The molecule has 0 fully saturated rings. The number of ether oxygens (including phenoxy) is 2. The van der Waals surface area contributed by atoms with Gasteiger partial charge in [0.25, 0.3) is 0 Å². The molecule has 0 aliphatic carbocycles. The van der Waals surface area contributed by atoms with Gasteiger partial charge in [-0.25, -0.2) is 13.8 Å². The Morgan fingerprint density at radius 1 is 1.06 bits per heavy atom. The van der Waals surface area contributed by atoms with Gasteiger partial charge in [-0.05, 0) is 42.3 Å². The predicted molar refractivity (Wildman–Crippen MR) is 119 cm³/mol. The number of benzene rings is 2. The van der Waals surface area contributed by atoms with Crippen LogP contribution in [-0.4, -0.2) is 21.6 Å². The first kappa shape index (κ1) is 21.9. The van der Waals surface area contributed by atoms with Crippen molar-refractivity contribution in [3.05, 3.63) is 100 Å². The van der Waals surface area contributed by atoms with Gasteiger partial charge in [0.15, 0.2) is 0 Å². The summed E-state index contributed by atoms with van der Waals surface area (Å²) in [6.07, 6.45) is 3.06. The van der Waals surface area contributed by atoms with Crippen molar-refractivity contribution in [2.45, 2.75) is 13.5 Å². The van der Waals surface area contributed by atoms with Crippen LogP contribution in [0.4, 0.5) is 20.4 Å². The van der Waals surface area contributed by atoms with E-state index in [1.54, 1.807) is 35.0 Å². The number of hydrogen-bond donors (Lipinski definition) is 1. The summed E-state index contributed by atoms with van der Waals surface area (Å²) in [6, 6.07) is 13.9. The first-order valence-corrected chi connectivity index (χ1v) is 9.98. The average Bonchev–Trinajstić information content (AvgIpc) is 2.78. The van der Waals surface area contributed by atoms with Crippen LogP contribution in [0.1, 0.15) is 11.1 Å².